The lowest BCUT2D eigenvalue weighted by Crippen LogP contribution is -2.39. The van der Waals surface area contributed by atoms with E-state index >= 15 is 0 Å². The second kappa shape index (κ2) is 13.4. The molecule has 38 heavy (non-hydrogen) atoms. The molecule has 0 aliphatic carbocycles. The van der Waals surface area contributed by atoms with E-state index in [2.05, 4.69) is 25.5 Å². The summed E-state index contributed by atoms with van der Waals surface area (Å²) in [5, 5.41) is 9.41. The number of methoxy groups -OCH3 is 1. The summed E-state index contributed by atoms with van der Waals surface area (Å²) in [7, 11) is 1.14. The third kappa shape index (κ3) is 7.70. The maximum atomic E-state index is 14.2. The maximum Gasteiger partial charge on any atom is 0.336 e. The van der Waals surface area contributed by atoms with Crippen molar-refractivity contribution in [2.24, 2.45) is 10.9 Å². The minimum Gasteiger partial charge on any atom is -0.468 e. The molecule has 2 heterocycles. The van der Waals surface area contributed by atoms with Gasteiger partial charge in [0.2, 0.25) is 15.7 Å². The number of anilines is 2. The molecule has 0 saturated heterocycles. The summed E-state index contributed by atoms with van der Waals surface area (Å²) in [4.78, 5) is 34.4. The number of carbonyl (C=O) groups excluding carboxylic acids is 2. The van der Waals surface area contributed by atoms with Gasteiger partial charge < -0.3 is 25.3 Å². The van der Waals surface area contributed by atoms with Crippen LogP contribution < -0.4 is 11.1 Å². The maximum absolute atomic E-state index is 14.2. The fourth-order valence-corrected chi connectivity index (χ4v) is 4.17. The Morgan fingerprint density at radius 1 is 1.26 bits per heavy atom. The van der Waals surface area contributed by atoms with E-state index in [1.165, 1.54) is 0 Å². The summed E-state index contributed by atoms with van der Waals surface area (Å²) in [6.07, 6.45) is 0. The van der Waals surface area contributed by atoms with Gasteiger partial charge in [-0.1, -0.05) is 64.6 Å². The highest BCUT2D eigenvalue weighted by Crippen LogP contribution is 2.43. The highest BCUT2D eigenvalue weighted by Gasteiger charge is 2.45. The lowest BCUT2D eigenvalue weighted by Gasteiger charge is -2.32. The molecule has 1 aliphatic heterocycles. The summed E-state index contributed by atoms with van der Waals surface area (Å²) in [5.74, 6) is -3.83. The van der Waals surface area contributed by atoms with Gasteiger partial charge in [0, 0.05) is 17.5 Å². The molecular formula is C22H23Cl4FN6O5. The van der Waals surface area contributed by atoms with Crippen molar-refractivity contribution in [2.45, 2.75) is 9.71 Å². The Morgan fingerprint density at radius 3 is 2.61 bits per heavy atom. The number of nitrogens with two attached hydrogens (primary N) is 1. The van der Waals surface area contributed by atoms with E-state index in [9.17, 15) is 14.0 Å². The zero-order chi connectivity index (χ0) is 27.9. The third-order valence-electron chi connectivity index (χ3n) is 5.28. The van der Waals surface area contributed by atoms with Gasteiger partial charge in [-0.2, -0.15) is 4.98 Å². The van der Waals surface area contributed by atoms with Gasteiger partial charge in [0.25, 0.3) is 0 Å². The standard InChI is InChI=1S/C22H23Cl4FN6O5/c1-36-18(34)16-13(8-27)30-14(9-37-7-6-29-21-31-20(28)32-33-21)17(19(35)38-10-22(24,25)26)15(16)11-4-2-3-5-12(11)23/h2-5,15-16H,6-10H2,1H3,(H4,28,29,31,32,33). The molecule has 3 rings (SSSR count). The van der Waals surface area contributed by atoms with Gasteiger partial charge in [-0.15, -0.1) is 5.10 Å². The summed E-state index contributed by atoms with van der Waals surface area (Å²) in [5.41, 5.74) is 5.54. The molecule has 2 atom stereocenters. The number of aliphatic imine (C=N–C) groups is 1. The van der Waals surface area contributed by atoms with Gasteiger partial charge in [0.05, 0.1) is 37.3 Å². The van der Waals surface area contributed by atoms with E-state index in [1.807, 2.05) is 0 Å². The number of ether oxygens (including phenoxy) is 3. The van der Waals surface area contributed by atoms with E-state index in [0.717, 1.165) is 7.11 Å². The molecule has 1 aromatic carbocycles. The molecule has 1 aromatic heterocycles. The summed E-state index contributed by atoms with van der Waals surface area (Å²) in [6, 6.07) is 6.47. The van der Waals surface area contributed by atoms with Crippen molar-refractivity contribution in [2.75, 3.05) is 51.2 Å². The van der Waals surface area contributed by atoms with Crippen LogP contribution in [0.25, 0.3) is 0 Å². The zero-order valence-electron chi connectivity index (χ0n) is 19.8. The number of aromatic nitrogens is 3. The number of hydrogen-bond donors (Lipinski definition) is 3. The molecule has 206 valence electrons. The van der Waals surface area contributed by atoms with E-state index in [-0.39, 0.29) is 53.7 Å². The first kappa shape index (κ1) is 29.9. The number of aromatic amines is 1. The number of H-pyrrole nitrogens is 1. The Morgan fingerprint density at radius 2 is 2.00 bits per heavy atom. The van der Waals surface area contributed by atoms with Crippen LogP contribution in [0.4, 0.5) is 16.3 Å². The first-order chi connectivity index (χ1) is 18.1. The Hall–Kier alpha value is -2.64. The van der Waals surface area contributed by atoms with Crippen LogP contribution in [-0.4, -0.2) is 76.8 Å². The van der Waals surface area contributed by atoms with Crippen LogP contribution in [0.15, 0.2) is 40.5 Å². The van der Waals surface area contributed by atoms with Crippen LogP contribution in [0.5, 0.6) is 0 Å². The number of nitrogen functional groups attached to an aromatic ring is 1. The highest BCUT2D eigenvalue weighted by atomic mass is 35.6. The van der Waals surface area contributed by atoms with Crippen molar-refractivity contribution in [1.29, 1.82) is 0 Å². The Labute approximate surface area is 236 Å². The van der Waals surface area contributed by atoms with E-state index in [0.29, 0.717) is 5.56 Å². The average molecular weight is 612 g/mol. The molecule has 2 aromatic rings. The van der Waals surface area contributed by atoms with E-state index in [1.54, 1.807) is 24.3 Å². The number of carbonyl (C=O) groups is 2. The van der Waals surface area contributed by atoms with Gasteiger partial charge in [-0.05, 0) is 11.6 Å². The minimum absolute atomic E-state index is 0.0131. The fourth-order valence-electron chi connectivity index (χ4n) is 3.75. The first-order valence-electron chi connectivity index (χ1n) is 11.0. The lowest BCUT2D eigenvalue weighted by molar-refractivity contribution is -0.144. The molecule has 16 heteroatoms. The number of hydrogen-bond acceptors (Lipinski definition) is 10. The normalized spacial score (nSPS) is 17.7. The molecule has 0 spiro atoms. The molecule has 0 fully saturated rings. The van der Waals surface area contributed by atoms with Crippen molar-refractivity contribution in [3.63, 3.8) is 0 Å². The average Bonchev–Trinajstić information content (AvgIpc) is 3.30. The van der Waals surface area contributed by atoms with Gasteiger partial charge in [-0.3, -0.25) is 9.79 Å². The van der Waals surface area contributed by atoms with Crippen LogP contribution in [0.2, 0.25) is 5.02 Å². The molecule has 2 unspecified atom stereocenters. The van der Waals surface area contributed by atoms with Gasteiger partial charge >= 0.3 is 11.9 Å². The smallest absolute Gasteiger partial charge is 0.336 e. The topological polar surface area (TPSA) is 154 Å². The van der Waals surface area contributed by atoms with Crippen molar-refractivity contribution < 1.29 is 28.2 Å². The van der Waals surface area contributed by atoms with E-state index < -0.39 is 40.8 Å². The third-order valence-corrected chi connectivity index (χ3v) is 5.95. The number of rotatable bonds is 11. The van der Waals surface area contributed by atoms with Gasteiger partial charge in [0.15, 0.2) is 0 Å². The van der Waals surface area contributed by atoms with Crippen molar-refractivity contribution in [3.05, 3.63) is 46.1 Å². The molecular weight excluding hydrogens is 589 g/mol. The van der Waals surface area contributed by atoms with Crippen molar-refractivity contribution in [3.8, 4) is 0 Å². The fraction of sp³-hybridized carbons (Fsp3) is 0.409. The number of nitrogens with one attached hydrogen (secondary N) is 2. The summed E-state index contributed by atoms with van der Waals surface area (Å²) >= 11 is 23.7. The first-order valence-corrected chi connectivity index (χ1v) is 12.5. The molecule has 0 saturated carbocycles. The van der Waals surface area contributed by atoms with Crippen LogP contribution in [0.1, 0.15) is 11.5 Å². The number of halogens is 5. The molecule has 1 aliphatic rings. The molecule has 0 radical (unpaired) electrons. The number of esters is 2. The number of nitrogens with zero attached hydrogens (tertiary/aromatic N) is 3. The van der Waals surface area contributed by atoms with E-state index in [4.69, 9.17) is 66.3 Å². The number of alkyl halides is 4. The predicted molar refractivity (Wildman–Crippen MR) is 141 cm³/mol. The molecule has 0 bridgehead atoms. The quantitative estimate of drug-likeness (QED) is 0.196. The minimum atomic E-state index is -1.91. The Bertz CT molecular complexity index is 1220. The highest BCUT2D eigenvalue weighted by molar-refractivity contribution is 6.67. The van der Waals surface area contributed by atoms with Gasteiger partial charge in [0.1, 0.15) is 19.2 Å². The van der Waals surface area contributed by atoms with Crippen molar-refractivity contribution in [1.82, 2.24) is 15.2 Å². The zero-order valence-corrected chi connectivity index (χ0v) is 22.9. The van der Waals surface area contributed by atoms with Crippen LogP contribution in [0.3, 0.4) is 0 Å². The lowest BCUT2D eigenvalue weighted by atomic mass is 9.75. The predicted octanol–water partition coefficient (Wildman–Crippen LogP) is 3.63. The van der Waals surface area contributed by atoms with Crippen LogP contribution in [-0.2, 0) is 23.8 Å². The van der Waals surface area contributed by atoms with Crippen molar-refractivity contribution >= 4 is 76.0 Å². The second-order valence-electron chi connectivity index (χ2n) is 7.81. The monoisotopic (exact) mass is 610 g/mol. The Kier molecular flexibility index (Phi) is 10.6. The molecule has 4 N–H and O–H groups in total. The second-order valence-corrected chi connectivity index (χ2v) is 10.7. The van der Waals surface area contributed by atoms with Crippen LogP contribution >= 0.6 is 46.4 Å². The number of benzene rings is 1. The summed E-state index contributed by atoms with van der Waals surface area (Å²) in [6.45, 7) is -1.60. The SMILES string of the molecule is COC(=O)C1C(CF)=NC(COCCNc2n[nH]c(N)n2)=C(C(=O)OCC(Cl)(Cl)Cl)C1c1ccccc1Cl. The largest absolute Gasteiger partial charge is 0.468 e. The molecule has 0 amide bonds. The summed E-state index contributed by atoms with van der Waals surface area (Å²) < 4.78 is 28.1. The Balaban J connectivity index is 1.98. The van der Waals surface area contributed by atoms with Crippen LogP contribution in [0, 0.1) is 5.92 Å². The molecule has 11 nitrogen and oxygen atoms in total. The van der Waals surface area contributed by atoms with Gasteiger partial charge in [-0.25, -0.2) is 14.3 Å².